The smallest absolute Gasteiger partial charge is 0.376 e. The molecular weight excluding hydrogens is 413 g/mol. The van der Waals surface area contributed by atoms with Gasteiger partial charge in [-0.1, -0.05) is 15.9 Å². The van der Waals surface area contributed by atoms with Crippen molar-refractivity contribution >= 4 is 37.4 Å². The van der Waals surface area contributed by atoms with E-state index in [4.69, 9.17) is 0 Å². The highest BCUT2D eigenvalue weighted by Crippen LogP contribution is 2.29. The Balaban J connectivity index is 2.14. The molecule has 0 radical (unpaired) electrons. The van der Waals surface area contributed by atoms with Crippen LogP contribution in [0.4, 0.5) is 24.5 Å². The average Bonchev–Trinajstić information content (AvgIpc) is 2.46. The summed E-state index contributed by atoms with van der Waals surface area (Å²) in [5, 5.41) is 7.96. The number of nitrogens with zero attached hydrogens (tertiary/aromatic N) is 2. The van der Waals surface area contributed by atoms with E-state index in [-0.39, 0.29) is 0 Å². The molecule has 0 aromatic heterocycles. The van der Waals surface area contributed by atoms with Gasteiger partial charge in [-0.25, -0.2) is 0 Å². The van der Waals surface area contributed by atoms with Crippen LogP contribution in [0.1, 0.15) is 5.56 Å². The molecular formula is C14H10BrF3N2O3S. The minimum atomic E-state index is -5.69. The summed E-state index contributed by atoms with van der Waals surface area (Å²) in [7, 11) is -5.69. The number of halogens is 4. The van der Waals surface area contributed by atoms with Crippen LogP contribution in [0, 0.1) is 6.92 Å². The summed E-state index contributed by atoms with van der Waals surface area (Å²) in [6.45, 7) is 1.85. The van der Waals surface area contributed by atoms with Crippen LogP contribution in [0.25, 0.3) is 0 Å². The molecule has 0 aliphatic heterocycles. The standard InChI is InChI=1S/C14H10BrF3N2O3S/c1-9-8-10(15)2-7-13(9)20-19-11-3-5-12(6-4-11)23-24(21,22)14(16,17)18/h2-8H,1H3. The highest BCUT2D eigenvalue weighted by molar-refractivity contribution is 9.10. The lowest BCUT2D eigenvalue weighted by molar-refractivity contribution is -0.0500. The molecule has 0 fully saturated rings. The maximum atomic E-state index is 12.2. The van der Waals surface area contributed by atoms with E-state index in [9.17, 15) is 21.6 Å². The third kappa shape index (κ3) is 4.54. The Bertz CT molecular complexity index is 866. The van der Waals surface area contributed by atoms with Crippen LogP contribution >= 0.6 is 15.9 Å². The molecule has 0 bridgehead atoms. The number of rotatable bonds is 4. The molecule has 0 unspecified atom stereocenters. The van der Waals surface area contributed by atoms with Gasteiger partial charge >= 0.3 is 15.6 Å². The predicted molar refractivity (Wildman–Crippen MR) is 85.1 cm³/mol. The van der Waals surface area contributed by atoms with Crippen molar-refractivity contribution in [1.82, 2.24) is 0 Å². The number of alkyl halides is 3. The molecule has 24 heavy (non-hydrogen) atoms. The molecule has 10 heteroatoms. The van der Waals surface area contributed by atoms with Crippen molar-refractivity contribution in [2.24, 2.45) is 10.2 Å². The van der Waals surface area contributed by atoms with Gasteiger partial charge in [0.15, 0.2) is 0 Å². The van der Waals surface area contributed by atoms with E-state index in [0.29, 0.717) is 11.4 Å². The van der Waals surface area contributed by atoms with Gasteiger partial charge in [-0.2, -0.15) is 31.8 Å². The first-order chi connectivity index (χ1) is 11.1. The summed E-state index contributed by atoms with van der Waals surface area (Å²) in [4.78, 5) is 0. The van der Waals surface area contributed by atoms with Gasteiger partial charge in [0.1, 0.15) is 5.75 Å². The number of benzene rings is 2. The number of hydrogen-bond acceptors (Lipinski definition) is 5. The van der Waals surface area contributed by atoms with Crippen LogP contribution in [0.3, 0.4) is 0 Å². The molecule has 2 aromatic rings. The first-order valence-corrected chi connectivity index (χ1v) is 8.57. The molecule has 0 heterocycles. The van der Waals surface area contributed by atoms with E-state index < -0.39 is 21.4 Å². The van der Waals surface area contributed by atoms with Crippen LogP contribution in [0.5, 0.6) is 5.75 Å². The molecule has 2 rings (SSSR count). The SMILES string of the molecule is Cc1cc(Br)ccc1N=Nc1ccc(OS(=O)(=O)C(F)(F)F)cc1. The summed E-state index contributed by atoms with van der Waals surface area (Å²) in [5.41, 5.74) is -3.65. The predicted octanol–water partition coefficient (Wildman–Crippen LogP) is 5.40. The van der Waals surface area contributed by atoms with E-state index in [0.717, 1.165) is 22.2 Å². The summed E-state index contributed by atoms with van der Waals surface area (Å²) in [6, 6.07) is 10.1. The molecule has 2 aromatic carbocycles. The van der Waals surface area contributed by atoms with Gasteiger partial charge in [-0.3, -0.25) is 0 Å². The van der Waals surface area contributed by atoms with Crippen molar-refractivity contribution in [1.29, 1.82) is 0 Å². The molecule has 0 amide bonds. The molecule has 0 atom stereocenters. The normalized spacial score (nSPS) is 12.5. The summed E-state index contributed by atoms with van der Waals surface area (Å²) in [5.74, 6) is -0.467. The highest BCUT2D eigenvalue weighted by Gasteiger charge is 2.48. The quantitative estimate of drug-likeness (QED) is 0.376. The molecule has 0 saturated carbocycles. The van der Waals surface area contributed by atoms with E-state index in [1.54, 1.807) is 12.1 Å². The first-order valence-electron chi connectivity index (χ1n) is 6.37. The van der Waals surface area contributed by atoms with Crippen molar-refractivity contribution in [3.05, 3.63) is 52.5 Å². The first kappa shape index (κ1) is 18.4. The molecule has 128 valence electrons. The maximum absolute atomic E-state index is 12.2. The minimum Gasteiger partial charge on any atom is -0.376 e. The Morgan fingerprint density at radius 1 is 1.04 bits per heavy atom. The molecule has 0 aliphatic carbocycles. The van der Waals surface area contributed by atoms with E-state index in [1.165, 1.54) is 12.1 Å². The van der Waals surface area contributed by atoms with Crippen molar-refractivity contribution < 1.29 is 25.8 Å². The van der Waals surface area contributed by atoms with Crippen LogP contribution in [0.2, 0.25) is 0 Å². The molecule has 0 spiro atoms. The van der Waals surface area contributed by atoms with Gasteiger partial charge in [0.2, 0.25) is 0 Å². The fraction of sp³-hybridized carbons (Fsp3) is 0.143. The Labute approximate surface area is 144 Å². The largest absolute Gasteiger partial charge is 0.534 e. The average molecular weight is 423 g/mol. The van der Waals surface area contributed by atoms with Crippen molar-refractivity contribution in [2.45, 2.75) is 12.4 Å². The number of hydrogen-bond donors (Lipinski definition) is 0. The van der Waals surface area contributed by atoms with Gasteiger partial charge in [0.25, 0.3) is 0 Å². The Morgan fingerprint density at radius 3 is 2.21 bits per heavy atom. The number of azo groups is 1. The van der Waals surface area contributed by atoms with Gasteiger partial charge in [-0.05, 0) is 55.0 Å². The second-order valence-electron chi connectivity index (χ2n) is 4.61. The lowest BCUT2D eigenvalue weighted by Gasteiger charge is -2.09. The molecule has 5 nitrogen and oxygen atoms in total. The molecule has 0 N–H and O–H groups in total. The van der Waals surface area contributed by atoms with E-state index in [2.05, 4.69) is 30.3 Å². The van der Waals surface area contributed by atoms with Crippen molar-refractivity contribution in [3.63, 3.8) is 0 Å². The lowest BCUT2D eigenvalue weighted by Crippen LogP contribution is -2.27. The minimum absolute atomic E-state index is 0.328. The second-order valence-corrected chi connectivity index (χ2v) is 7.06. The highest BCUT2D eigenvalue weighted by atomic mass is 79.9. The fourth-order valence-corrected chi connectivity index (χ4v) is 2.52. The van der Waals surface area contributed by atoms with Gasteiger partial charge in [-0.15, -0.1) is 0 Å². The lowest BCUT2D eigenvalue weighted by atomic mass is 10.2. The van der Waals surface area contributed by atoms with Gasteiger partial charge < -0.3 is 4.18 Å². The molecule has 0 aliphatic rings. The van der Waals surface area contributed by atoms with Crippen LogP contribution in [-0.2, 0) is 10.1 Å². The third-order valence-electron chi connectivity index (χ3n) is 2.76. The van der Waals surface area contributed by atoms with Crippen molar-refractivity contribution in [3.8, 4) is 5.75 Å². The van der Waals surface area contributed by atoms with E-state index >= 15 is 0 Å². The van der Waals surface area contributed by atoms with Crippen LogP contribution in [0.15, 0.2) is 57.2 Å². The van der Waals surface area contributed by atoms with E-state index in [1.807, 2.05) is 13.0 Å². The monoisotopic (exact) mass is 422 g/mol. The number of aryl methyl sites for hydroxylation is 1. The Hall–Kier alpha value is -1.94. The topological polar surface area (TPSA) is 68.1 Å². The summed E-state index contributed by atoms with van der Waals surface area (Å²) in [6.07, 6.45) is 0. The van der Waals surface area contributed by atoms with Crippen LogP contribution < -0.4 is 4.18 Å². The van der Waals surface area contributed by atoms with Crippen LogP contribution in [-0.4, -0.2) is 13.9 Å². The van der Waals surface area contributed by atoms with Gasteiger partial charge in [0, 0.05) is 4.47 Å². The maximum Gasteiger partial charge on any atom is 0.534 e. The van der Waals surface area contributed by atoms with Crippen molar-refractivity contribution in [2.75, 3.05) is 0 Å². The zero-order chi connectivity index (χ0) is 18.0. The fourth-order valence-electron chi connectivity index (χ4n) is 1.58. The Kier molecular flexibility index (Phi) is 5.29. The zero-order valence-electron chi connectivity index (χ0n) is 12.1. The molecule has 0 saturated heterocycles. The Morgan fingerprint density at radius 2 is 1.67 bits per heavy atom. The zero-order valence-corrected chi connectivity index (χ0v) is 14.5. The summed E-state index contributed by atoms with van der Waals surface area (Å²) < 4.78 is 63.3. The second kappa shape index (κ2) is 6.89. The van der Waals surface area contributed by atoms with Gasteiger partial charge in [0.05, 0.1) is 11.4 Å². The summed E-state index contributed by atoms with van der Waals surface area (Å²) >= 11 is 3.32. The third-order valence-corrected chi connectivity index (χ3v) is 4.23.